The Morgan fingerprint density at radius 2 is 1.78 bits per heavy atom. The van der Waals surface area contributed by atoms with Gasteiger partial charge in [0.05, 0.1) is 5.92 Å². The van der Waals surface area contributed by atoms with Crippen LogP contribution in [0.3, 0.4) is 0 Å². The number of halogens is 1. The van der Waals surface area contributed by atoms with Gasteiger partial charge in [-0.3, -0.25) is 4.79 Å². The first kappa shape index (κ1) is 15.0. The number of benzene rings is 1. The van der Waals surface area contributed by atoms with Gasteiger partial charge < -0.3 is 5.11 Å². The summed E-state index contributed by atoms with van der Waals surface area (Å²) in [6, 6.07) is 7.13. The summed E-state index contributed by atoms with van der Waals surface area (Å²) in [5.41, 5.74) is 0.849. The molecule has 0 amide bonds. The second-order valence-electron chi connectivity index (χ2n) is 4.65. The molecule has 0 radical (unpaired) electrons. The van der Waals surface area contributed by atoms with Crippen LogP contribution in [0.2, 0.25) is 5.02 Å². The van der Waals surface area contributed by atoms with Crippen molar-refractivity contribution in [1.29, 1.82) is 0 Å². The van der Waals surface area contributed by atoms with Crippen LogP contribution in [0.15, 0.2) is 24.3 Å². The average Bonchev–Trinajstić information content (AvgIpc) is 2.35. The van der Waals surface area contributed by atoms with Gasteiger partial charge in [-0.25, -0.2) is 0 Å². The molecule has 0 aliphatic heterocycles. The third-order valence-electron chi connectivity index (χ3n) is 3.17. The van der Waals surface area contributed by atoms with E-state index in [0.717, 1.165) is 18.4 Å². The van der Waals surface area contributed by atoms with Gasteiger partial charge in [0.2, 0.25) is 0 Å². The number of aliphatic carboxylic acids is 1. The maximum atomic E-state index is 11.3. The number of carboxylic acid groups (broad SMARTS) is 1. The molecule has 0 spiro atoms. The molecule has 0 aliphatic rings. The van der Waals surface area contributed by atoms with Crippen molar-refractivity contribution in [2.45, 2.75) is 51.4 Å². The molecular weight excluding hydrogens is 248 g/mol. The lowest BCUT2D eigenvalue weighted by Crippen LogP contribution is -2.11. The van der Waals surface area contributed by atoms with Crippen molar-refractivity contribution in [3.8, 4) is 0 Å². The molecule has 1 aromatic rings. The number of hydrogen-bond acceptors (Lipinski definition) is 1. The summed E-state index contributed by atoms with van der Waals surface area (Å²) in [4.78, 5) is 11.3. The van der Waals surface area contributed by atoms with E-state index in [-0.39, 0.29) is 0 Å². The molecule has 1 aromatic carbocycles. The Bertz CT molecular complexity index is 359. The van der Waals surface area contributed by atoms with E-state index in [0.29, 0.717) is 11.4 Å². The van der Waals surface area contributed by atoms with Crippen LogP contribution in [-0.2, 0) is 4.79 Å². The largest absolute Gasteiger partial charge is 0.481 e. The fraction of sp³-hybridized carbons (Fsp3) is 0.533. The Morgan fingerprint density at radius 3 is 2.33 bits per heavy atom. The van der Waals surface area contributed by atoms with E-state index in [2.05, 4.69) is 6.92 Å². The van der Waals surface area contributed by atoms with E-state index < -0.39 is 11.9 Å². The van der Waals surface area contributed by atoms with E-state index >= 15 is 0 Å². The predicted molar refractivity (Wildman–Crippen MR) is 75.2 cm³/mol. The van der Waals surface area contributed by atoms with E-state index in [1.54, 1.807) is 12.1 Å². The number of carboxylic acids is 1. The average molecular weight is 269 g/mol. The SMILES string of the molecule is CCCCCCCC(C(=O)O)c1ccc(Cl)cc1. The van der Waals surface area contributed by atoms with Gasteiger partial charge in [-0.2, -0.15) is 0 Å². The van der Waals surface area contributed by atoms with Crippen LogP contribution in [-0.4, -0.2) is 11.1 Å². The molecule has 0 bridgehead atoms. The summed E-state index contributed by atoms with van der Waals surface area (Å²) >= 11 is 5.81. The molecule has 0 fully saturated rings. The minimum atomic E-state index is -0.743. The van der Waals surface area contributed by atoms with E-state index in [4.69, 9.17) is 11.6 Å². The van der Waals surface area contributed by atoms with Crippen molar-refractivity contribution in [2.24, 2.45) is 0 Å². The number of rotatable bonds is 8. The summed E-state index contributed by atoms with van der Waals surface area (Å²) in [6.07, 6.45) is 6.44. The van der Waals surface area contributed by atoms with Crippen molar-refractivity contribution >= 4 is 17.6 Å². The van der Waals surface area contributed by atoms with E-state index in [9.17, 15) is 9.90 Å². The Balaban J connectivity index is 2.50. The van der Waals surface area contributed by atoms with Crippen LogP contribution in [0.1, 0.15) is 56.9 Å². The first-order valence-corrected chi connectivity index (χ1v) is 7.01. The van der Waals surface area contributed by atoms with Crippen LogP contribution >= 0.6 is 11.6 Å². The quantitative estimate of drug-likeness (QED) is 0.683. The zero-order valence-corrected chi connectivity index (χ0v) is 11.6. The Morgan fingerprint density at radius 1 is 1.17 bits per heavy atom. The number of hydrogen-bond donors (Lipinski definition) is 1. The van der Waals surface area contributed by atoms with Crippen LogP contribution in [0, 0.1) is 0 Å². The fourth-order valence-corrected chi connectivity index (χ4v) is 2.21. The Hall–Kier alpha value is -1.02. The van der Waals surface area contributed by atoms with Crippen LogP contribution in [0.4, 0.5) is 0 Å². The van der Waals surface area contributed by atoms with Gasteiger partial charge in [0.25, 0.3) is 0 Å². The monoisotopic (exact) mass is 268 g/mol. The third-order valence-corrected chi connectivity index (χ3v) is 3.42. The van der Waals surface area contributed by atoms with Gasteiger partial charge in [0.1, 0.15) is 0 Å². The molecule has 0 saturated carbocycles. The van der Waals surface area contributed by atoms with Gasteiger partial charge >= 0.3 is 5.97 Å². The second-order valence-corrected chi connectivity index (χ2v) is 5.08. The molecule has 0 aliphatic carbocycles. The van der Waals surface area contributed by atoms with Crippen molar-refractivity contribution in [1.82, 2.24) is 0 Å². The van der Waals surface area contributed by atoms with E-state index in [1.807, 2.05) is 12.1 Å². The molecule has 0 heterocycles. The van der Waals surface area contributed by atoms with Crippen molar-refractivity contribution in [3.05, 3.63) is 34.9 Å². The van der Waals surface area contributed by atoms with Gasteiger partial charge in [-0.05, 0) is 24.1 Å². The Labute approximate surface area is 114 Å². The highest BCUT2D eigenvalue weighted by Gasteiger charge is 2.18. The molecule has 3 heteroatoms. The fourth-order valence-electron chi connectivity index (χ4n) is 2.08. The normalized spacial score (nSPS) is 12.3. The summed E-state index contributed by atoms with van der Waals surface area (Å²) in [5, 5.41) is 9.91. The minimum absolute atomic E-state index is 0.399. The lowest BCUT2D eigenvalue weighted by atomic mass is 9.93. The molecule has 18 heavy (non-hydrogen) atoms. The molecule has 2 nitrogen and oxygen atoms in total. The minimum Gasteiger partial charge on any atom is -0.481 e. The molecular formula is C15H21ClO2. The molecule has 0 saturated heterocycles. The van der Waals surface area contributed by atoms with Crippen LogP contribution < -0.4 is 0 Å². The van der Waals surface area contributed by atoms with Crippen molar-refractivity contribution in [2.75, 3.05) is 0 Å². The van der Waals surface area contributed by atoms with Crippen LogP contribution in [0.5, 0.6) is 0 Å². The Kier molecular flexibility index (Phi) is 6.81. The predicted octanol–water partition coefficient (Wildman–Crippen LogP) is 4.87. The topological polar surface area (TPSA) is 37.3 Å². The van der Waals surface area contributed by atoms with Gasteiger partial charge in [0, 0.05) is 5.02 Å². The zero-order chi connectivity index (χ0) is 13.4. The third kappa shape index (κ3) is 5.09. The maximum Gasteiger partial charge on any atom is 0.310 e. The molecule has 1 atom stereocenters. The molecule has 0 aromatic heterocycles. The van der Waals surface area contributed by atoms with Gasteiger partial charge in [-0.1, -0.05) is 62.8 Å². The molecule has 1 rings (SSSR count). The highest BCUT2D eigenvalue weighted by molar-refractivity contribution is 6.30. The highest BCUT2D eigenvalue weighted by Crippen LogP contribution is 2.24. The first-order valence-electron chi connectivity index (χ1n) is 6.63. The first-order chi connectivity index (χ1) is 8.65. The van der Waals surface area contributed by atoms with Crippen molar-refractivity contribution < 1.29 is 9.90 Å². The highest BCUT2D eigenvalue weighted by atomic mass is 35.5. The van der Waals surface area contributed by atoms with Crippen LogP contribution in [0.25, 0.3) is 0 Å². The van der Waals surface area contributed by atoms with Gasteiger partial charge in [0.15, 0.2) is 0 Å². The smallest absolute Gasteiger partial charge is 0.310 e. The summed E-state index contributed by atoms with van der Waals surface area (Å²) in [7, 11) is 0. The number of unbranched alkanes of at least 4 members (excludes halogenated alkanes) is 4. The lowest BCUT2D eigenvalue weighted by molar-refractivity contribution is -0.139. The molecule has 1 unspecified atom stereocenters. The molecule has 100 valence electrons. The summed E-state index contributed by atoms with van der Waals surface area (Å²) in [5.74, 6) is -1.14. The second kappa shape index (κ2) is 8.15. The number of carbonyl (C=O) groups is 1. The lowest BCUT2D eigenvalue weighted by Gasteiger charge is -2.12. The summed E-state index contributed by atoms with van der Waals surface area (Å²) in [6.45, 7) is 2.17. The molecule has 1 N–H and O–H groups in total. The van der Waals surface area contributed by atoms with E-state index in [1.165, 1.54) is 19.3 Å². The summed E-state index contributed by atoms with van der Waals surface area (Å²) < 4.78 is 0. The standard InChI is InChI=1S/C15H21ClO2/c1-2-3-4-5-6-7-14(15(17)18)12-8-10-13(16)11-9-12/h8-11,14H,2-7H2,1H3,(H,17,18). The zero-order valence-electron chi connectivity index (χ0n) is 10.9. The maximum absolute atomic E-state index is 11.3. The van der Waals surface area contributed by atoms with Gasteiger partial charge in [-0.15, -0.1) is 0 Å². The van der Waals surface area contributed by atoms with Crippen molar-refractivity contribution in [3.63, 3.8) is 0 Å².